The third-order valence-electron chi connectivity index (χ3n) is 3.25. The number of hydrogen-bond donors (Lipinski definition) is 1. The van der Waals surface area contributed by atoms with Crippen LogP contribution in [-0.4, -0.2) is 15.0 Å². The quantitative estimate of drug-likeness (QED) is 0.877. The molecule has 2 aromatic heterocycles. The summed E-state index contributed by atoms with van der Waals surface area (Å²) in [6, 6.07) is 3.95. The van der Waals surface area contributed by atoms with Crippen molar-refractivity contribution in [1.82, 2.24) is 15.0 Å². The lowest BCUT2D eigenvalue weighted by atomic mass is 10.1. The molecule has 2 heterocycles. The Morgan fingerprint density at radius 1 is 1.37 bits per heavy atom. The summed E-state index contributed by atoms with van der Waals surface area (Å²) in [7, 11) is 0. The van der Waals surface area contributed by atoms with Gasteiger partial charge in [0.05, 0.1) is 0 Å². The van der Waals surface area contributed by atoms with E-state index in [0.717, 1.165) is 22.8 Å². The van der Waals surface area contributed by atoms with E-state index in [-0.39, 0.29) is 0 Å². The van der Waals surface area contributed by atoms with E-state index in [1.54, 1.807) is 0 Å². The molecule has 1 fully saturated rings. The van der Waals surface area contributed by atoms with Gasteiger partial charge in [-0.1, -0.05) is 0 Å². The number of hydrogen-bond acceptors (Lipinski definition) is 4. The van der Waals surface area contributed by atoms with Crippen LogP contribution in [0, 0.1) is 6.92 Å². The van der Waals surface area contributed by atoms with E-state index in [4.69, 9.17) is 0 Å². The molecular formula is C14H15BrN4. The van der Waals surface area contributed by atoms with Gasteiger partial charge in [0.1, 0.15) is 16.2 Å². The average molecular weight is 319 g/mol. The van der Waals surface area contributed by atoms with Gasteiger partial charge < -0.3 is 5.32 Å². The highest BCUT2D eigenvalue weighted by atomic mass is 79.9. The Balaban J connectivity index is 1.74. The summed E-state index contributed by atoms with van der Waals surface area (Å²) >= 11 is 3.45. The molecule has 1 aliphatic rings. The second-order valence-corrected chi connectivity index (χ2v) is 5.68. The summed E-state index contributed by atoms with van der Waals surface area (Å²) in [5.74, 6) is 2.38. The second-order valence-electron chi connectivity index (χ2n) is 4.86. The Bertz CT molecular complexity index is 596. The predicted molar refractivity (Wildman–Crippen MR) is 78.0 cm³/mol. The molecule has 2 aromatic rings. The Morgan fingerprint density at radius 3 is 2.95 bits per heavy atom. The first-order chi connectivity index (χ1) is 9.22. The number of nitrogens with one attached hydrogen (secondary N) is 1. The molecule has 0 amide bonds. The first kappa shape index (κ1) is 12.5. The van der Waals surface area contributed by atoms with E-state index in [1.165, 1.54) is 24.0 Å². The van der Waals surface area contributed by atoms with Gasteiger partial charge in [0, 0.05) is 30.9 Å². The smallest absolute Gasteiger partial charge is 0.135 e. The van der Waals surface area contributed by atoms with Crippen LogP contribution in [-0.2, 0) is 6.54 Å². The maximum absolute atomic E-state index is 4.57. The number of pyridine rings is 1. The van der Waals surface area contributed by atoms with Crippen molar-refractivity contribution in [3.8, 4) is 0 Å². The first-order valence-electron chi connectivity index (χ1n) is 6.40. The average Bonchev–Trinajstić information content (AvgIpc) is 3.21. The zero-order valence-corrected chi connectivity index (χ0v) is 12.3. The van der Waals surface area contributed by atoms with Gasteiger partial charge in [-0.2, -0.15) is 0 Å². The minimum atomic E-state index is 0.556. The van der Waals surface area contributed by atoms with Crippen molar-refractivity contribution in [3.05, 3.63) is 46.1 Å². The minimum absolute atomic E-state index is 0.556. The third kappa shape index (κ3) is 3.10. The summed E-state index contributed by atoms with van der Waals surface area (Å²) < 4.78 is 0.846. The highest BCUT2D eigenvalue weighted by Gasteiger charge is 2.27. The van der Waals surface area contributed by atoms with Crippen molar-refractivity contribution in [3.63, 3.8) is 0 Å². The summed E-state index contributed by atoms with van der Waals surface area (Å²) in [5.41, 5.74) is 2.42. The van der Waals surface area contributed by atoms with E-state index in [0.29, 0.717) is 5.92 Å². The Morgan fingerprint density at radius 2 is 2.21 bits per heavy atom. The normalized spacial score (nSPS) is 14.4. The molecular weight excluding hydrogens is 304 g/mol. The fraction of sp³-hybridized carbons (Fsp3) is 0.357. The van der Waals surface area contributed by atoms with Gasteiger partial charge in [-0.05, 0) is 52.9 Å². The van der Waals surface area contributed by atoms with Gasteiger partial charge in [-0.3, -0.25) is 4.98 Å². The second kappa shape index (κ2) is 5.25. The molecule has 0 aromatic carbocycles. The van der Waals surface area contributed by atoms with E-state index < -0.39 is 0 Å². The largest absolute Gasteiger partial charge is 0.366 e. The third-order valence-corrected chi connectivity index (χ3v) is 3.66. The van der Waals surface area contributed by atoms with Gasteiger partial charge in [0.2, 0.25) is 0 Å². The topological polar surface area (TPSA) is 50.7 Å². The number of halogens is 1. The number of rotatable bonds is 4. The molecule has 0 radical (unpaired) electrons. The summed E-state index contributed by atoms with van der Waals surface area (Å²) in [6.45, 7) is 2.82. The monoisotopic (exact) mass is 318 g/mol. The fourth-order valence-electron chi connectivity index (χ4n) is 1.94. The summed E-state index contributed by atoms with van der Waals surface area (Å²) in [4.78, 5) is 13.1. The van der Waals surface area contributed by atoms with Gasteiger partial charge in [0.25, 0.3) is 0 Å². The molecule has 0 unspecified atom stereocenters. The molecule has 1 N–H and O–H groups in total. The lowest BCUT2D eigenvalue weighted by Gasteiger charge is -2.09. The number of anilines is 1. The molecule has 0 spiro atoms. The van der Waals surface area contributed by atoms with Crippen LogP contribution in [0.1, 0.15) is 35.7 Å². The maximum Gasteiger partial charge on any atom is 0.135 e. The molecule has 0 atom stereocenters. The van der Waals surface area contributed by atoms with Gasteiger partial charge in [-0.25, -0.2) is 9.97 Å². The number of aryl methyl sites for hydroxylation is 1. The van der Waals surface area contributed by atoms with Crippen molar-refractivity contribution < 1.29 is 0 Å². The van der Waals surface area contributed by atoms with Crippen molar-refractivity contribution >= 4 is 21.7 Å². The highest BCUT2D eigenvalue weighted by molar-refractivity contribution is 9.10. The maximum atomic E-state index is 4.57. The van der Waals surface area contributed by atoms with Crippen LogP contribution in [0.3, 0.4) is 0 Å². The van der Waals surface area contributed by atoms with Crippen LogP contribution in [0.5, 0.6) is 0 Å². The lowest BCUT2D eigenvalue weighted by molar-refractivity contribution is 0.909. The first-order valence-corrected chi connectivity index (χ1v) is 7.19. The Labute approximate surface area is 120 Å². The summed E-state index contributed by atoms with van der Waals surface area (Å²) in [6.07, 6.45) is 6.11. The molecule has 0 aliphatic heterocycles. The van der Waals surface area contributed by atoms with Crippen LogP contribution < -0.4 is 5.32 Å². The van der Waals surface area contributed by atoms with Crippen molar-refractivity contribution in [2.24, 2.45) is 0 Å². The molecule has 1 aliphatic carbocycles. The molecule has 1 saturated carbocycles. The molecule has 98 valence electrons. The molecule has 0 bridgehead atoms. The predicted octanol–water partition coefficient (Wildman–Crippen LogP) is 3.43. The van der Waals surface area contributed by atoms with Gasteiger partial charge in [0.15, 0.2) is 0 Å². The zero-order chi connectivity index (χ0) is 13.2. The minimum Gasteiger partial charge on any atom is -0.366 e. The van der Waals surface area contributed by atoms with E-state index >= 15 is 0 Å². The SMILES string of the molecule is Cc1cnccc1CNc1cc(Br)nc(C2CC2)n1. The van der Waals surface area contributed by atoms with Gasteiger partial charge in [-0.15, -0.1) is 0 Å². The van der Waals surface area contributed by atoms with E-state index in [1.807, 2.05) is 24.5 Å². The molecule has 19 heavy (non-hydrogen) atoms. The van der Waals surface area contributed by atoms with Crippen LogP contribution in [0.2, 0.25) is 0 Å². The Hall–Kier alpha value is -1.49. The van der Waals surface area contributed by atoms with Crippen molar-refractivity contribution in [2.45, 2.75) is 32.2 Å². The fourth-order valence-corrected chi connectivity index (χ4v) is 2.33. The zero-order valence-electron chi connectivity index (χ0n) is 10.7. The molecule has 5 heteroatoms. The van der Waals surface area contributed by atoms with Crippen LogP contribution in [0.25, 0.3) is 0 Å². The van der Waals surface area contributed by atoms with Crippen LogP contribution >= 0.6 is 15.9 Å². The number of nitrogens with zero attached hydrogens (tertiary/aromatic N) is 3. The summed E-state index contributed by atoms with van der Waals surface area (Å²) in [5, 5.41) is 3.36. The van der Waals surface area contributed by atoms with Crippen molar-refractivity contribution in [1.29, 1.82) is 0 Å². The molecule has 3 rings (SSSR count). The molecule has 4 nitrogen and oxygen atoms in total. The lowest BCUT2D eigenvalue weighted by Crippen LogP contribution is -2.05. The van der Waals surface area contributed by atoms with Gasteiger partial charge >= 0.3 is 0 Å². The van der Waals surface area contributed by atoms with Crippen LogP contribution in [0.4, 0.5) is 5.82 Å². The van der Waals surface area contributed by atoms with Crippen LogP contribution in [0.15, 0.2) is 29.1 Å². The number of aromatic nitrogens is 3. The van der Waals surface area contributed by atoms with E-state index in [2.05, 4.69) is 43.1 Å². The standard InChI is InChI=1S/C14H15BrN4/c1-9-7-16-5-4-11(9)8-17-13-6-12(15)18-14(19-13)10-2-3-10/h4-7,10H,2-3,8H2,1H3,(H,17,18,19). The Kier molecular flexibility index (Phi) is 3.46. The van der Waals surface area contributed by atoms with Crippen molar-refractivity contribution in [2.75, 3.05) is 5.32 Å². The highest BCUT2D eigenvalue weighted by Crippen LogP contribution is 2.38. The van der Waals surface area contributed by atoms with E-state index in [9.17, 15) is 0 Å². The molecule has 0 saturated heterocycles.